The first-order valence-corrected chi connectivity index (χ1v) is 4.67. The molecule has 0 heterocycles. The van der Waals surface area contributed by atoms with Crippen LogP contribution in [0.1, 0.15) is 11.7 Å². The van der Waals surface area contributed by atoms with Crippen LogP contribution in [0.15, 0.2) is 22.7 Å². The first-order chi connectivity index (χ1) is 6.56. The van der Waals surface area contributed by atoms with Gasteiger partial charge in [0.2, 0.25) is 0 Å². The van der Waals surface area contributed by atoms with Gasteiger partial charge < -0.3 is 10.8 Å². The summed E-state index contributed by atoms with van der Waals surface area (Å²) in [6.45, 7) is 0.0405. The van der Waals surface area contributed by atoms with Crippen LogP contribution in [0.2, 0.25) is 0 Å². The molecule has 0 spiro atoms. The molecule has 1 unspecified atom stereocenters. The summed E-state index contributed by atoms with van der Waals surface area (Å²) in [7, 11) is 0. The van der Waals surface area contributed by atoms with Crippen LogP contribution in [0.5, 0.6) is 0 Å². The van der Waals surface area contributed by atoms with Crippen LogP contribution in [-0.2, 0) is 0 Å². The molecule has 5 nitrogen and oxygen atoms in total. The van der Waals surface area contributed by atoms with E-state index in [2.05, 4.69) is 15.9 Å². The van der Waals surface area contributed by atoms with Crippen LogP contribution in [-0.4, -0.2) is 16.6 Å². The maximum atomic E-state index is 10.5. The minimum absolute atomic E-state index is 0.0405. The Kier molecular flexibility index (Phi) is 3.56. The Labute approximate surface area is 88.8 Å². The molecule has 1 aromatic rings. The lowest BCUT2D eigenvalue weighted by atomic mass is 10.1. The zero-order valence-electron chi connectivity index (χ0n) is 7.18. The smallest absolute Gasteiger partial charge is 0.283 e. The average Bonchev–Trinajstić information content (AvgIpc) is 2.17. The summed E-state index contributed by atoms with van der Waals surface area (Å²) >= 11 is 3.05. The van der Waals surface area contributed by atoms with Gasteiger partial charge in [-0.15, -0.1) is 0 Å². The molecule has 76 valence electrons. The minimum Gasteiger partial charge on any atom is -0.387 e. The van der Waals surface area contributed by atoms with Gasteiger partial charge >= 0.3 is 0 Å². The molecule has 0 saturated heterocycles. The van der Waals surface area contributed by atoms with E-state index in [1.165, 1.54) is 12.1 Å². The number of rotatable bonds is 3. The van der Waals surface area contributed by atoms with Crippen molar-refractivity contribution in [3.8, 4) is 0 Å². The zero-order valence-corrected chi connectivity index (χ0v) is 8.77. The predicted octanol–water partition coefficient (Wildman–Crippen LogP) is 1.35. The van der Waals surface area contributed by atoms with E-state index < -0.39 is 11.0 Å². The first kappa shape index (κ1) is 11.1. The number of nitro groups is 1. The minimum atomic E-state index is -0.859. The fourth-order valence-corrected chi connectivity index (χ4v) is 1.40. The highest BCUT2D eigenvalue weighted by Crippen LogP contribution is 2.27. The van der Waals surface area contributed by atoms with Crippen molar-refractivity contribution in [1.82, 2.24) is 0 Å². The number of aliphatic hydroxyl groups excluding tert-OH is 1. The Morgan fingerprint density at radius 3 is 2.79 bits per heavy atom. The summed E-state index contributed by atoms with van der Waals surface area (Å²) in [5.41, 5.74) is 5.61. The van der Waals surface area contributed by atoms with E-state index in [1.807, 2.05) is 0 Å². The highest BCUT2D eigenvalue weighted by atomic mass is 79.9. The Balaban J connectivity index is 3.12. The number of halogens is 1. The van der Waals surface area contributed by atoms with Crippen LogP contribution in [0.3, 0.4) is 0 Å². The summed E-state index contributed by atoms with van der Waals surface area (Å²) in [6, 6.07) is 4.42. The third kappa shape index (κ3) is 2.28. The molecule has 0 fully saturated rings. The molecule has 0 bridgehead atoms. The molecule has 0 aliphatic carbocycles. The number of aliphatic hydroxyl groups is 1. The van der Waals surface area contributed by atoms with Crippen molar-refractivity contribution in [3.63, 3.8) is 0 Å². The van der Waals surface area contributed by atoms with Crippen LogP contribution in [0.4, 0.5) is 5.69 Å². The number of nitro benzene ring substituents is 1. The Bertz CT molecular complexity index is 356. The summed E-state index contributed by atoms with van der Waals surface area (Å²) < 4.78 is 0.385. The molecule has 3 N–H and O–H groups in total. The second kappa shape index (κ2) is 4.50. The lowest BCUT2D eigenvalue weighted by molar-refractivity contribution is -0.385. The van der Waals surface area contributed by atoms with Crippen molar-refractivity contribution in [1.29, 1.82) is 0 Å². The van der Waals surface area contributed by atoms with Gasteiger partial charge in [-0.3, -0.25) is 10.1 Å². The molecule has 0 aliphatic rings. The van der Waals surface area contributed by atoms with E-state index in [0.29, 0.717) is 10.0 Å². The SMILES string of the molecule is NCC(O)c1ccc(Br)c([N+](=O)[O-])c1. The summed E-state index contributed by atoms with van der Waals surface area (Å²) in [4.78, 5) is 10.0. The summed E-state index contributed by atoms with van der Waals surface area (Å²) in [5.74, 6) is 0. The van der Waals surface area contributed by atoms with Crippen molar-refractivity contribution < 1.29 is 10.0 Å². The molecule has 0 saturated carbocycles. The van der Waals surface area contributed by atoms with Gasteiger partial charge in [0.15, 0.2) is 0 Å². The highest BCUT2D eigenvalue weighted by molar-refractivity contribution is 9.10. The number of benzene rings is 1. The largest absolute Gasteiger partial charge is 0.387 e. The van der Waals surface area contributed by atoms with E-state index >= 15 is 0 Å². The zero-order chi connectivity index (χ0) is 10.7. The Hall–Kier alpha value is -0.980. The van der Waals surface area contributed by atoms with Crippen molar-refractivity contribution in [2.24, 2.45) is 5.73 Å². The molecule has 1 aromatic carbocycles. The van der Waals surface area contributed by atoms with E-state index in [9.17, 15) is 15.2 Å². The second-order valence-corrected chi connectivity index (χ2v) is 3.57. The Morgan fingerprint density at radius 2 is 2.29 bits per heavy atom. The van der Waals surface area contributed by atoms with Crippen LogP contribution >= 0.6 is 15.9 Å². The third-order valence-electron chi connectivity index (χ3n) is 1.77. The number of hydrogen-bond donors (Lipinski definition) is 2. The number of nitrogens with two attached hydrogens (primary N) is 1. The molecule has 14 heavy (non-hydrogen) atoms. The van der Waals surface area contributed by atoms with Crippen LogP contribution in [0, 0.1) is 10.1 Å². The van der Waals surface area contributed by atoms with Crippen molar-refractivity contribution in [2.75, 3.05) is 6.54 Å². The Morgan fingerprint density at radius 1 is 1.64 bits per heavy atom. The van der Waals surface area contributed by atoms with E-state index in [-0.39, 0.29) is 12.2 Å². The molecule has 0 amide bonds. The maximum Gasteiger partial charge on any atom is 0.283 e. The molecule has 1 rings (SSSR count). The van der Waals surface area contributed by atoms with Gasteiger partial charge in [-0.1, -0.05) is 6.07 Å². The van der Waals surface area contributed by atoms with E-state index in [1.54, 1.807) is 6.07 Å². The average molecular weight is 261 g/mol. The second-order valence-electron chi connectivity index (χ2n) is 2.72. The van der Waals surface area contributed by atoms with Gasteiger partial charge in [0.05, 0.1) is 15.5 Å². The number of hydrogen-bond acceptors (Lipinski definition) is 4. The topological polar surface area (TPSA) is 89.4 Å². The van der Waals surface area contributed by atoms with Gasteiger partial charge in [0.1, 0.15) is 0 Å². The molecule has 1 atom stereocenters. The molecular weight excluding hydrogens is 252 g/mol. The van der Waals surface area contributed by atoms with Crippen molar-refractivity contribution in [2.45, 2.75) is 6.10 Å². The summed E-state index contributed by atoms with van der Waals surface area (Å²) in [6.07, 6.45) is -0.859. The standard InChI is InChI=1S/C8H9BrN2O3/c9-6-2-1-5(8(12)4-10)3-7(6)11(13)14/h1-3,8,12H,4,10H2. The van der Waals surface area contributed by atoms with Crippen molar-refractivity contribution in [3.05, 3.63) is 38.3 Å². The molecule has 6 heteroatoms. The highest BCUT2D eigenvalue weighted by Gasteiger charge is 2.15. The fourth-order valence-electron chi connectivity index (χ4n) is 1.01. The van der Waals surface area contributed by atoms with Crippen LogP contribution in [0.25, 0.3) is 0 Å². The van der Waals surface area contributed by atoms with Gasteiger partial charge in [0, 0.05) is 12.6 Å². The van der Waals surface area contributed by atoms with Gasteiger partial charge in [-0.2, -0.15) is 0 Å². The van der Waals surface area contributed by atoms with Gasteiger partial charge in [-0.25, -0.2) is 0 Å². The maximum absolute atomic E-state index is 10.5. The van der Waals surface area contributed by atoms with Gasteiger partial charge in [-0.05, 0) is 27.6 Å². The monoisotopic (exact) mass is 260 g/mol. The lowest BCUT2D eigenvalue weighted by Crippen LogP contribution is -2.11. The molecular formula is C8H9BrN2O3. The van der Waals surface area contributed by atoms with Crippen LogP contribution < -0.4 is 5.73 Å². The van der Waals surface area contributed by atoms with Gasteiger partial charge in [0.25, 0.3) is 5.69 Å². The van der Waals surface area contributed by atoms with E-state index in [0.717, 1.165) is 0 Å². The summed E-state index contributed by atoms with van der Waals surface area (Å²) in [5, 5.41) is 19.9. The van der Waals surface area contributed by atoms with E-state index in [4.69, 9.17) is 5.73 Å². The molecule has 0 aromatic heterocycles. The number of nitrogens with zero attached hydrogens (tertiary/aromatic N) is 1. The fraction of sp³-hybridized carbons (Fsp3) is 0.250. The quantitative estimate of drug-likeness (QED) is 0.634. The normalized spacial score (nSPS) is 12.5. The third-order valence-corrected chi connectivity index (χ3v) is 2.45. The molecule has 0 aliphatic heterocycles. The lowest BCUT2D eigenvalue weighted by Gasteiger charge is -2.07. The first-order valence-electron chi connectivity index (χ1n) is 3.88. The van der Waals surface area contributed by atoms with Crippen molar-refractivity contribution >= 4 is 21.6 Å². The predicted molar refractivity (Wildman–Crippen MR) is 54.8 cm³/mol. The molecule has 0 radical (unpaired) electrons.